The lowest BCUT2D eigenvalue weighted by molar-refractivity contribution is 0.0678. The van der Waals surface area contributed by atoms with E-state index in [-0.39, 0.29) is 0 Å². The average Bonchev–Trinajstić information content (AvgIpc) is 2.92. The van der Waals surface area contributed by atoms with Crippen molar-refractivity contribution in [1.82, 2.24) is 4.90 Å². The van der Waals surface area contributed by atoms with Crippen molar-refractivity contribution < 1.29 is 4.74 Å². The van der Waals surface area contributed by atoms with Gasteiger partial charge in [0, 0.05) is 25.7 Å². The van der Waals surface area contributed by atoms with Gasteiger partial charge in [-0.05, 0) is 43.6 Å². The van der Waals surface area contributed by atoms with Gasteiger partial charge in [0.05, 0.1) is 6.10 Å². The number of rotatable bonds is 5. The second kappa shape index (κ2) is 5.89. The minimum absolute atomic E-state index is 0.327. The SMILES string of the molecule is CCN(CC1CCCO1)CC1CCC(C)(C)C1N. The summed E-state index contributed by atoms with van der Waals surface area (Å²) in [6.07, 6.45) is 5.50. The highest BCUT2D eigenvalue weighted by molar-refractivity contribution is 4.95. The van der Waals surface area contributed by atoms with Crippen LogP contribution in [0.4, 0.5) is 0 Å². The molecule has 18 heavy (non-hydrogen) atoms. The molecule has 0 aromatic carbocycles. The second-order valence-electron chi connectivity index (χ2n) is 6.80. The van der Waals surface area contributed by atoms with E-state index in [9.17, 15) is 0 Å². The monoisotopic (exact) mass is 254 g/mol. The Labute approximate surface area is 112 Å². The Balaban J connectivity index is 1.82. The van der Waals surface area contributed by atoms with Gasteiger partial charge in [-0.1, -0.05) is 20.8 Å². The highest BCUT2D eigenvalue weighted by Crippen LogP contribution is 2.40. The molecule has 3 heteroatoms. The molecular weight excluding hydrogens is 224 g/mol. The summed E-state index contributed by atoms with van der Waals surface area (Å²) < 4.78 is 5.74. The van der Waals surface area contributed by atoms with Crippen molar-refractivity contribution in [2.24, 2.45) is 17.1 Å². The summed E-state index contributed by atoms with van der Waals surface area (Å²) in [6.45, 7) is 11.2. The maximum atomic E-state index is 6.41. The summed E-state index contributed by atoms with van der Waals surface area (Å²) in [4.78, 5) is 2.54. The van der Waals surface area contributed by atoms with E-state index in [1.165, 1.54) is 25.7 Å². The van der Waals surface area contributed by atoms with Crippen LogP contribution in [0.25, 0.3) is 0 Å². The molecule has 1 aliphatic carbocycles. The zero-order valence-corrected chi connectivity index (χ0v) is 12.3. The fraction of sp³-hybridized carbons (Fsp3) is 1.00. The number of nitrogens with two attached hydrogens (primary N) is 1. The molecule has 0 bridgehead atoms. The normalized spacial score (nSPS) is 35.5. The third kappa shape index (κ3) is 3.25. The number of likely N-dealkylation sites (N-methyl/N-ethyl adjacent to an activating group) is 1. The lowest BCUT2D eigenvalue weighted by Gasteiger charge is -2.31. The Morgan fingerprint density at radius 3 is 2.56 bits per heavy atom. The Bertz CT molecular complexity index is 261. The van der Waals surface area contributed by atoms with Gasteiger partial charge in [-0.25, -0.2) is 0 Å². The molecule has 0 spiro atoms. The summed E-state index contributed by atoms with van der Waals surface area (Å²) >= 11 is 0. The zero-order valence-electron chi connectivity index (χ0n) is 12.3. The van der Waals surface area contributed by atoms with E-state index in [1.807, 2.05) is 0 Å². The Morgan fingerprint density at radius 1 is 1.28 bits per heavy atom. The topological polar surface area (TPSA) is 38.5 Å². The standard InChI is InChI=1S/C15H30N2O/c1-4-17(11-13-6-5-9-18-13)10-12-7-8-15(2,3)14(12)16/h12-14H,4-11,16H2,1-3H3. The predicted octanol–water partition coefficient (Wildman–Crippen LogP) is 2.25. The summed E-state index contributed by atoms with van der Waals surface area (Å²) in [5.74, 6) is 0.668. The van der Waals surface area contributed by atoms with E-state index in [4.69, 9.17) is 10.5 Å². The number of ether oxygens (including phenoxy) is 1. The van der Waals surface area contributed by atoms with Gasteiger partial charge in [-0.15, -0.1) is 0 Å². The van der Waals surface area contributed by atoms with Crippen LogP contribution in [-0.4, -0.2) is 43.3 Å². The third-order valence-corrected chi connectivity index (χ3v) is 5.00. The first-order valence-electron chi connectivity index (χ1n) is 7.62. The predicted molar refractivity (Wildman–Crippen MR) is 75.6 cm³/mol. The van der Waals surface area contributed by atoms with E-state index in [0.717, 1.165) is 26.2 Å². The fourth-order valence-electron chi connectivity index (χ4n) is 3.49. The van der Waals surface area contributed by atoms with E-state index in [2.05, 4.69) is 25.7 Å². The number of nitrogens with zero attached hydrogens (tertiary/aromatic N) is 1. The van der Waals surface area contributed by atoms with Gasteiger partial charge < -0.3 is 15.4 Å². The summed E-state index contributed by atoms with van der Waals surface area (Å²) in [6, 6.07) is 0.357. The van der Waals surface area contributed by atoms with Crippen LogP contribution in [0, 0.1) is 11.3 Å². The van der Waals surface area contributed by atoms with Crippen LogP contribution in [0.1, 0.15) is 46.5 Å². The Kier molecular flexibility index (Phi) is 4.68. The first-order chi connectivity index (χ1) is 8.53. The van der Waals surface area contributed by atoms with E-state index in [0.29, 0.717) is 23.5 Å². The smallest absolute Gasteiger partial charge is 0.0702 e. The van der Waals surface area contributed by atoms with Crippen molar-refractivity contribution >= 4 is 0 Å². The maximum absolute atomic E-state index is 6.41. The molecule has 0 amide bonds. The number of hydrogen-bond acceptors (Lipinski definition) is 3. The molecule has 2 rings (SSSR count). The van der Waals surface area contributed by atoms with Crippen molar-refractivity contribution in [1.29, 1.82) is 0 Å². The van der Waals surface area contributed by atoms with E-state index >= 15 is 0 Å². The van der Waals surface area contributed by atoms with Gasteiger partial charge in [-0.3, -0.25) is 0 Å². The summed E-state index contributed by atoms with van der Waals surface area (Å²) in [5, 5.41) is 0. The van der Waals surface area contributed by atoms with Crippen molar-refractivity contribution in [2.45, 2.75) is 58.6 Å². The first kappa shape index (κ1) is 14.3. The van der Waals surface area contributed by atoms with Gasteiger partial charge in [0.2, 0.25) is 0 Å². The molecule has 2 fully saturated rings. The third-order valence-electron chi connectivity index (χ3n) is 5.00. The van der Waals surface area contributed by atoms with Crippen LogP contribution in [0.2, 0.25) is 0 Å². The van der Waals surface area contributed by atoms with E-state index in [1.54, 1.807) is 0 Å². The highest BCUT2D eigenvalue weighted by atomic mass is 16.5. The molecule has 2 aliphatic rings. The fourth-order valence-corrected chi connectivity index (χ4v) is 3.49. The van der Waals surface area contributed by atoms with Crippen LogP contribution in [-0.2, 0) is 4.74 Å². The lowest BCUT2D eigenvalue weighted by atomic mass is 9.85. The average molecular weight is 254 g/mol. The van der Waals surface area contributed by atoms with Crippen LogP contribution in [0.3, 0.4) is 0 Å². The first-order valence-corrected chi connectivity index (χ1v) is 7.62. The van der Waals surface area contributed by atoms with E-state index < -0.39 is 0 Å². The Morgan fingerprint density at radius 2 is 2.06 bits per heavy atom. The maximum Gasteiger partial charge on any atom is 0.0702 e. The molecule has 3 unspecified atom stereocenters. The minimum atomic E-state index is 0.327. The van der Waals surface area contributed by atoms with Crippen molar-refractivity contribution in [3.63, 3.8) is 0 Å². The van der Waals surface area contributed by atoms with Crippen LogP contribution < -0.4 is 5.73 Å². The minimum Gasteiger partial charge on any atom is -0.377 e. The molecule has 1 saturated carbocycles. The van der Waals surface area contributed by atoms with Crippen molar-refractivity contribution in [3.05, 3.63) is 0 Å². The largest absolute Gasteiger partial charge is 0.377 e. The van der Waals surface area contributed by atoms with Gasteiger partial charge in [0.25, 0.3) is 0 Å². The molecule has 0 radical (unpaired) electrons. The number of hydrogen-bond donors (Lipinski definition) is 1. The van der Waals surface area contributed by atoms with Crippen LogP contribution in [0.5, 0.6) is 0 Å². The lowest BCUT2D eigenvalue weighted by Crippen LogP contribution is -2.43. The van der Waals surface area contributed by atoms with Crippen molar-refractivity contribution in [2.75, 3.05) is 26.2 Å². The van der Waals surface area contributed by atoms with Crippen LogP contribution >= 0.6 is 0 Å². The van der Waals surface area contributed by atoms with Gasteiger partial charge in [0.15, 0.2) is 0 Å². The second-order valence-corrected chi connectivity index (χ2v) is 6.80. The molecule has 1 saturated heterocycles. The molecule has 0 aromatic heterocycles. The van der Waals surface area contributed by atoms with Crippen molar-refractivity contribution in [3.8, 4) is 0 Å². The molecule has 3 atom stereocenters. The van der Waals surface area contributed by atoms with Gasteiger partial charge in [-0.2, -0.15) is 0 Å². The molecule has 3 nitrogen and oxygen atoms in total. The summed E-state index contributed by atoms with van der Waals surface area (Å²) in [7, 11) is 0. The molecule has 1 aliphatic heterocycles. The molecule has 1 heterocycles. The van der Waals surface area contributed by atoms with Gasteiger partial charge in [0.1, 0.15) is 0 Å². The Hall–Kier alpha value is -0.120. The molecule has 2 N–H and O–H groups in total. The molecule has 0 aromatic rings. The van der Waals surface area contributed by atoms with Gasteiger partial charge >= 0.3 is 0 Å². The highest BCUT2D eigenvalue weighted by Gasteiger charge is 2.39. The molecule has 106 valence electrons. The summed E-state index contributed by atoms with van der Waals surface area (Å²) in [5.41, 5.74) is 6.74. The van der Waals surface area contributed by atoms with Crippen LogP contribution in [0.15, 0.2) is 0 Å². The molecular formula is C15H30N2O. The quantitative estimate of drug-likeness (QED) is 0.818. The zero-order chi connectivity index (χ0) is 13.2.